The number of nitrogens with one attached hydrogen (secondary N) is 2. The molecule has 2 aromatic carbocycles. The van der Waals surface area contributed by atoms with E-state index >= 15 is 0 Å². The average Bonchev–Trinajstić information content (AvgIpc) is 3.29. The van der Waals surface area contributed by atoms with Crippen molar-refractivity contribution in [3.63, 3.8) is 0 Å². The Morgan fingerprint density at radius 1 is 1.05 bits per heavy atom. The Bertz CT molecular complexity index is 1780. The van der Waals surface area contributed by atoms with Crippen molar-refractivity contribution < 1.29 is 26.7 Å². The van der Waals surface area contributed by atoms with Gasteiger partial charge in [-0.1, -0.05) is 6.07 Å². The summed E-state index contributed by atoms with van der Waals surface area (Å²) in [6.07, 6.45) is -3.35. The molecule has 1 aliphatic rings. The van der Waals surface area contributed by atoms with Gasteiger partial charge in [0.05, 0.1) is 29.5 Å². The van der Waals surface area contributed by atoms with Crippen LogP contribution in [0, 0.1) is 0 Å². The molecule has 3 aromatic heterocycles. The van der Waals surface area contributed by atoms with Crippen LogP contribution >= 0.6 is 0 Å². The molecular formula is C26H20F5N7O2. The molecule has 40 heavy (non-hydrogen) atoms. The smallest absolute Gasteiger partial charge is 0.405 e. The lowest BCUT2D eigenvalue weighted by Crippen LogP contribution is -2.28. The zero-order valence-electron chi connectivity index (χ0n) is 20.5. The number of imidazole rings is 1. The lowest BCUT2D eigenvalue weighted by atomic mass is 10.1. The highest BCUT2D eigenvalue weighted by Crippen LogP contribution is 2.28. The van der Waals surface area contributed by atoms with Gasteiger partial charge in [-0.25, -0.2) is 15.0 Å². The Hall–Kier alpha value is -4.59. The molecule has 4 heterocycles. The molecule has 6 rings (SSSR count). The van der Waals surface area contributed by atoms with Crippen molar-refractivity contribution in [3.8, 4) is 22.6 Å². The van der Waals surface area contributed by atoms with Crippen LogP contribution < -0.4 is 20.9 Å². The lowest BCUT2D eigenvalue weighted by molar-refractivity contribution is -0.115. The molecule has 0 aliphatic carbocycles. The van der Waals surface area contributed by atoms with Gasteiger partial charge in [0.25, 0.3) is 5.56 Å². The second-order valence-corrected chi connectivity index (χ2v) is 9.06. The van der Waals surface area contributed by atoms with Crippen LogP contribution in [0.3, 0.4) is 0 Å². The normalized spacial score (nSPS) is 13.7. The molecule has 0 unspecified atom stereocenters. The first-order valence-electron chi connectivity index (χ1n) is 12.2. The number of benzene rings is 2. The topological polar surface area (TPSA) is 98.9 Å². The second kappa shape index (κ2) is 9.86. The summed E-state index contributed by atoms with van der Waals surface area (Å²) in [5, 5.41) is 5.44. The van der Waals surface area contributed by atoms with Crippen LogP contribution in [-0.4, -0.2) is 50.0 Å². The van der Waals surface area contributed by atoms with E-state index in [0.717, 1.165) is 29.6 Å². The zero-order valence-corrected chi connectivity index (χ0v) is 20.5. The average molecular weight is 557 g/mol. The van der Waals surface area contributed by atoms with E-state index in [0.29, 0.717) is 18.7 Å². The number of anilines is 1. The third-order valence-electron chi connectivity index (χ3n) is 6.43. The van der Waals surface area contributed by atoms with Crippen LogP contribution in [0.4, 0.5) is 27.8 Å². The highest BCUT2D eigenvalue weighted by molar-refractivity contribution is 5.86. The van der Waals surface area contributed by atoms with E-state index in [1.807, 2.05) is 12.1 Å². The van der Waals surface area contributed by atoms with Crippen LogP contribution in [0.2, 0.25) is 0 Å². The Morgan fingerprint density at radius 3 is 2.60 bits per heavy atom. The molecule has 0 atom stereocenters. The predicted molar refractivity (Wildman–Crippen MR) is 137 cm³/mol. The first-order chi connectivity index (χ1) is 19.2. The van der Waals surface area contributed by atoms with Gasteiger partial charge >= 0.3 is 12.8 Å². The van der Waals surface area contributed by atoms with Crippen LogP contribution in [0.25, 0.3) is 39.0 Å². The monoisotopic (exact) mass is 557 g/mol. The van der Waals surface area contributed by atoms with Crippen molar-refractivity contribution >= 4 is 28.0 Å². The predicted octanol–water partition coefficient (Wildman–Crippen LogP) is 4.48. The summed E-state index contributed by atoms with van der Waals surface area (Å²) in [6.45, 7) is -2.27. The fraction of sp³-hybridized carbons (Fsp3) is 0.231. The van der Waals surface area contributed by atoms with Crippen molar-refractivity contribution in [2.75, 3.05) is 18.4 Å². The van der Waals surface area contributed by atoms with E-state index in [1.54, 1.807) is 6.07 Å². The van der Waals surface area contributed by atoms with Gasteiger partial charge in [-0.2, -0.15) is 22.0 Å². The van der Waals surface area contributed by atoms with E-state index in [4.69, 9.17) is 0 Å². The minimum atomic E-state index is -4.50. The maximum absolute atomic E-state index is 13.9. The van der Waals surface area contributed by atoms with Gasteiger partial charge in [0.2, 0.25) is 0 Å². The molecule has 0 amide bonds. The molecule has 9 nitrogen and oxygen atoms in total. The van der Waals surface area contributed by atoms with Crippen LogP contribution in [0.1, 0.15) is 5.82 Å². The molecule has 0 bridgehead atoms. The Kier molecular flexibility index (Phi) is 6.33. The number of rotatable bonds is 6. The molecule has 0 fully saturated rings. The molecule has 0 radical (unpaired) electrons. The molecule has 5 aromatic rings. The van der Waals surface area contributed by atoms with Crippen molar-refractivity contribution in [2.24, 2.45) is 0 Å². The first kappa shape index (κ1) is 25.7. The summed E-state index contributed by atoms with van der Waals surface area (Å²) in [4.78, 5) is 27.1. The molecule has 2 N–H and O–H groups in total. The van der Waals surface area contributed by atoms with Gasteiger partial charge in [-0.3, -0.25) is 9.36 Å². The third-order valence-corrected chi connectivity index (χ3v) is 6.43. The summed E-state index contributed by atoms with van der Waals surface area (Å²) < 4.78 is 71.3. The molecule has 0 spiro atoms. The number of fused-ring (bicyclic) bond motifs is 4. The molecule has 0 saturated carbocycles. The van der Waals surface area contributed by atoms with E-state index in [1.165, 1.54) is 34.9 Å². The van der Waals surface area contributed by atoms with E-state index in [-0.39, 0.29) is 34.0 Å². The number of ether oxygens (including phenoxy) is 1. The Balaban J connectivity index is 1.52. The van der Waals surface area contributed by atoms with Crippen LogP contribution in [-0.2, 0) is 13.1 Å². The number of alkyl halides is 5. The van der Waals surface area contributed by atoms with Gasteiger partial charge < -0.3 is 19.9 Å². The number of halogens is 5. The number of hydrogen-bond donors (Lipinski definition) is 2. The van der Waals surface area contributed by atoms with Gasteiger partial charge in [-0.05, 0) is 48.0 Å². The van der Waals surface area contributed by atoms with Crippen molar-refractivity contribution in [1.82, 2.24) is 29.4 Å². The highest BCUT2D eigenvalue weighted by atomic mass is 19.4. The molecule has 0 saturated heterocycles. The standard InChI is InChI=1S/C26H20F5N7O2/c27-25(28)40-16-4-2-15(3-5-16)38-23-19(33-11-21(36-23)34-13-26(29,30)31)10-17(24(38)39)14-1-6-18-20(9-14)37-8-7-32-12-22(37)35-18/h1-6,9-11,25,32H,7-8,12-13H2,(H,34,36). The summed E-state index contributed by atoms with van der Waals surface area (Å²) in [5.41, 5.74) is 2.39. The lowest BCUT2D eigenvalue weighted by Gasteiger charge is -2.16. The Labute approximate surface area is 222 Å². The molecule has 206 valence electrons. The fourth-order valence-electron chi connectivity index (χ4n) is 4.68. The van der Waals surface area contributed by atoms with Gasteiger partial charge in [-0.15, -0.1) is 0 Å². The largest absolute Gasteiger partial charge is 0.435 e. The van der Waals surface area contributed by atoms with Crippen molar-refractivity contribution in [2.45, 2.75) is 25.9 Å². The minimum absolute atomic E-state index is 0.0164. The first-order valence-corrected chi connectivity index (χ1v) is 12.2. The van der Waals surface area contributed by atoms with Gasteiger partial charge in [0, 0.05) is 18.7 Å². The zero-order chi connectivity index (χ0) is 28.0. The second-order valence-electron chi connectivity index (χ2n) is 9.06. The molecule has 14 heteroatoms. The van der Waals surface area contributed by atoms with E-state index in [9.17, 15) is 26.7 Å². The van der Waals surface area contributed by atoms with E-state index in [2.05, 4.69) is 34.9 Å². The fourth-order valence-corrected chi connectivity index (χ4v) is 4.68. The summed E-state index contributed by atoms with van der Waals surface area (Å²) in [7, 11) is 0. The van der Waals surface area contributed by atoms with Crippen molar-refractivity contribution in [3.05, 3.63) is 70.9 Å². The minimum Gasteiger partial charge on any atom is -0.435 e. The highest BCUT2D eigenvalue weighted by Gasteiger charge is 2.27. The third kappa shape index (κ3) is 4.93. The van der Waals surface area contributed by atoms with E-state index < -0.39 is 24.9 Å². The summed E-state index contributed by atoms with van der Waals surface area (Å²) >= 11 is 0. The number of pyridine rings is 1. The maximum atomic E-state index is 13.9. The Morgan fingerprint density at radius 2 is 1.85 bits per heavy atom. The summed E-state index contributed by atoms with van der Waals surface area (Å²) in [5.74, 6) is 0.561. The molecule has 1 aliphatic heterocycles. The number of nitrogens with zero attached hydrogens (tertiary/aromatic N) is 5. The molecular weight excluding hydrogens is 537 g/mol. The maximum Gasteiger partial charge on any atom is 0.405 e. The van der Waals surface area contributed by atoms with Crippen LogP contribution in [0.15, 0.2) is 59.5 Å². The van der Waals surface area contributed by atoms with Gasteiger partial charge in [0.15, 0.2) is 5.65 Å². The SMILES string of the molecule is O=c1c(-c2ccc3nc4n(c3c2)CCNC4)cc2ncc(NCC(F)(F)F)nc2n1-c1ccc(OC(F)F)cc1. The quantitative estimate of drug-likeness (QED) is 0.297. The number of hydrogen-bond acceptors (Lipinski definition) is 7. The van der Waals surface area contributed by atoms with Crippen LogP contribution in [0.5, 0.6) is 5.75 Å². The number of aromatic nitrogens is 5. The summed E-state index contributed by atoms with van der Waals surface area (Å²) in [6, 6.07) is 12.2. The van der Waals surface area contributed by atoms with Gasteiger partial charge in [0.1, 0.15) is 29.5 Å². The van der Waals surface area contributed by atoms with Crippen molar-refractivity contribution in [1.29, 1.82) is 0 Å².